The minimum absolute atomic E-state index is 0.108. The largest absolute Gasteiger partial charge is 0.394 e. The molecule has 0 bridgehead atoms. The van der Waals surface area contributed by atoms with E-state index >= 15 is 0 Å². The third kappa shape index (κ3) is 5.47. The standard InChI is InChI=1S/C16H32N4O/c1-2-17-16(18-10-13-21)19-14-8-11-20(12-9-14)15-6-4-3-5-7-15/h14-15,21H,2-13H2,1H3,(H2,17,18,19). The smallest absolute Gasteiger partial charge is 0.191 e. The highest BCUT2D eigenvalue weighted by molar-refractivity contribution is 5.80. The summed E-state index contributed by atoms with van der Waals surface area (Å²) in [6.07, 6.45) is 9.46. The van der Waals surface area contributed by atoms with Gasteiger partial charge in [-0.05, 0) is 32.6 Å². The monoisotopic (exact) mass is 296 g/mol. The van der Waals surface area contributed by atoms with Crippen LogP contribution in [0.5, 0.6) is 0 Å². The third-order valence-corrected chi connectivity index (χ3v) is 4.68. The molecular formula is C16H32N4O. The van der Waals surface area contributed by atoms with Gasteiger partial charge >= 0.3 is 0 Å². The van der Waals surface area contributed by atoms with Crippen LogP contribution in [0, 0.1) is 0 Å². The van der Waals surface area contributed by atoms with Crippen LogP contribution in [0.4, 0.5) is 0 Å². The summed E-state index contributed by atoms with van der Waals surface area (Å²) in [5, 5.41) is 15.7. The minimum atomic E-state index is 0.108. The summed E-state index contributed by atoms with van der Waals surface area (Å²) >= 11 is 0. The highest BCUT2D eigenvalue weighted by Gasteiger charge is 2.26. The van der Waals surface area contributed by atoms with Gasteiger partial charge in [0, 0.05) is 31.7 Å². The predicted molar refractivity (Wildman–Crippen MR) is 87.7 cm³/mol. The molecule has 122 valence electrons. The fourth-order valence-electron chi connectivity index (χ4n) is 3.53. The zero-order valence-electron chi connectivity index (χ0n) is 13.5. The maximum Gasteiger partial charge on any atom is 0.191 e. The molecule has 21 heavy (non-hydrogen) atoms. The zero-order valence-corrected chi connectivity index (χ0v) is 13.5. The molecule has 1 aliphatic heterocycles. The molecule has 2 aliphatic rings. The van der Waals surface area contributed by atoms with Gasteiger partial charge in [0.2, 0.25) is 0 Å². The van der Waals surface area contributed by atoms with E-state index in [1.54, 1.807) is 0 Å². The Bertz CT molecular complexity index is 307. The van der Waals surface area contributed by atoms with E-state index in [9.17, 15) is 0 Å². The van der Waals surface area contributed by atoms with Crippen LogP contribution in [0.2, 0.25) is 0 Å². The van der Waals surface area contributed by atoms with Crippen molar-refractivity contribution < 1.29 is 5.11 Å². The van der Waals surface area contributed by atoms with Crippen molar-refractivity contribution in [2.45, 2.75) is 64.0 Å². The first-order valence-corrected chi connectivity index (χ1v) is 8.73. The Hall–Kier alpha value is -0.810. The molecule has 0 aromatic rings. The number of aliphatic imine (C=N–C) groups is 1. The highest BCUT2D eigenvalue weighted by Crippen LogP contribution is 2.25. The molecule has 5 nitrogen and oxygen atoms in total. The highest BCUT2D eigenvalue weighted by atomic mass is 16.3. The first kappa shape index (κ1) is 16.6. The number of guanidine groups is 1. The maximum absolute atomic E-state index is 8.90. The van der Waals surface area contributed by atoms with Gasteiger partial charge < -0.3 is 20.6 Å². The number of likely N-dealkylation sites (tertiary alicyclic amines) is 1. The van der Waals surface area contributed by atoms with Crippen LogP contribution < -0.4 is 10.6 Å². The summed E-state index contributed by atoms with van der Waals surface area (Å²) in [6, 6.07) is 1.36. The van der Waals surface area contributed by atoms with Crippen LogP contribution in [0.25, 0.3) is 0 Å². The van der Waals surface area contributed by atoms with Crippen molar-refractivity contribution in [3.63, 3.8) is 0 Å². The third-order valence-electron chi connectivity index (χ3n) is 4.68. The normalized spacial score (nSPS) is 23.2. The van der Waals surface area contributed by atoms with Crippen LogP contribution in [-0.4, -0.2) is 60.8 Å². The lowest BCUT2D eigenvalue weighted by Gasteiger charge is -2.39. The second-order valence-corrected chi connectivity index (χ2v) is 6.23. The van der Waals surface area contributed by atoms with Crippen molar-refractivity contribution in [3.8, 4) is 0 Å². The maximum atomic E-state index is 8.90. The molecule has 0 aromatic carbocycles. The molecule has 0 amide bonds. The van der Waals surface area contributed by atoms with Gasteiger partial charge in [-0.1, -0.05) is 19.3 Å². The first-order chi connectivity index (χ1) is 10.3. The molecule has 0 aromatic heterocycles. The lowest BCUT2D eigenvalue weighted by atomic mass is 9.92. The molecule has 5 heteroatoms. The van der Waals surface area contributed by atoms with Gasteiger partial charge in [-0.25, -0.2) is 0 Å². The fraction of sp³-hybridized carbons (Fsp3) is 0.938. The molecule has 0 spiro atoms. The molecule has 0 atom stereocenters. The molecule has 1 saturated carbocycles. The molecule has 0 unspecified atom stereocenters. The molecular weight excluding hydrogens is 264 g/mol. The lowest BCUT2D eigenvalue weighted by molar-refractivity contribution is 0.119. The Morgan fingerprint density at radius 1 is 1.14 bits per heavy atom. The molecule has 3 N–H and O–H groups in total. The quantitative estimate of drug-likeness (QED) is 0.529. The van der Waals surface area contributed by atoms with Crippen LogP contribution in [0.1, 0.15) is 51.9 Å². The lowest BCUT2D eigenvalue weighted by Crippen LogP contribution is -2.51. The number of hydrogen-bond donors (Lipinski definition) is 3. The van der Waals surface area contributed by atoms with E-state index in [2.05, 4.69) is 27.4 Å². The van der Waals surface area contributed by atoms with E-state index in [4.69, 9.17) is 5.11 Å². The van der Waals surface area contributed by atoms with Crippen molar-refractivity contribution in [2.75, 3.05) is 32.8 Å². The summed E-state index contributed by atoms with van der Waals surface area (Å²) in [5.41, 5.74) is 0. The molecule has 2 fully saturated rings. The average Bonchev–Trinajstić information content (AvgIpc) is 2.54. The fourth-order valence-corrected chi connectivity index (χ4v) is 3.53. The van der Waals surface area contributed by atoms with Crippen LogP contribution in [0.3, 0.4) is 0 Å². The van der Waals surface area contributed by atoms with Gasteiger partial charge in [0.05, 0.1) is 13.2 Å². The number of piperidine rings is 1. The zero-order chi connectivity index (χ0) is 14.9. The molecule has 1 saturated heterocycles. The number of rotatable bonds is 5. The summed E-state index contributed by atoms with van der Waals surface area (Å²) in [6.45, 7) is 5.93. The Morgan fingerprint density at radius 2 is 1.86 bits per heavy atom. The van der Waals surface area contributed by atoms with E-state index in [1.165, 1.54) is 58.0 Å². The Balaban J connectivity index is 1.74. The van der Waals surface area contributed by atoms with Crippen LogP contribution in [0.15, 0.2) is 4.99 Å². The first-order valence-electron chi connectivity index (χ1n) is 8.73. The minimum Gasteiger partial charge on any atom is -0.394 e. The van der Waals surface area contributed by atoms with Crippen molar-refractivity contribution in [1.82, 2.24) is 15.5 Å². The van der Waals surface area contributed by atoms with Gasteiger partial charge in [0.1, 0.15) is 0 Å². The van der Waals surface area contributed by atoms with Crippen molar-refractivity contribution in [1.29, 1.82) is 0 Å². The van der Waals surface area contributed by atoms with E-state index in [-0.39, 0.29) is 6.61 Å². The van der Waals surface area contributed by atoms with Crippen molar-refractivity contribution >= 4 is 5.96 Å². The van der Waals surface area contributed by atoms with E-state index in [1.807, 2.05) is 0 Å². The summed E-state index contributed by atoms with van der Waals surface area (Å²) < 4.78 is 0. The molecule has 2 rings (SSSR count). The van der Waals surface area contributed by atoms with E-state index < -0.39 is 0 Å². The van der Waals surface area contributed by atoms with Gasteiger partial charge in [-0.3, -0.25) is 4.99 Å². The number of nitrogens with one attached hydrogen (secondary N) is 2. The summed E-state index contributed by atoms with van der Waals surface area (Å²) in [4.78, 5) is 7.07. The van der Waals surface area contributed by atoms with Crippen molar-refractivity contribution in [2.24, 2.45) is 4.99 Å². The summed E-state index contributed by atoms with van der Waals surface area (Å²) in [7, 11) is 0. The SMILES string of the molecule is CCNC(=NCCO)NC1CCN(C2CCCCC2)CC1. The number of aliphatic hydroxyl groups excluding tert-OH is 1. The van der Waals surface area contributed by atoms with E-state index in [0.717, 1.165) is 18.5 Å². The Labute approximate surface area is 129 Å². The predicted octanol–water partition coefficient (Wildman–Crippen LogP) is 1.33. The average molecular weight is 296 g/mol. The second-order valence-electron chi connectivity index (χ2n) is 6.23. The molecule has 1 aliphatic carbocycles. The second kappa shape index (κ2) is 9.26. The van der Waals surface area contributed by atoms with Gasteiger partial charge in [-0.2, -0.15) is 0 Å². The van der Waals surface area contributed by atoms with Gasteiger partial charge in [0.25, 0.3) is 0 Å². The Morgan fingerprint density at radius 3 is 2.48 bits per heavy atom. The molecule has 1 heterocycles. The van der Waals surface area contributed by atoms with Crippen molar-refractivity contribution in [3.05, 3.63) is 0 Å². The van der Waals surface area contributed by atoms with Gasteiger partial charge in [0.15, 0.2) is 5.96 Å². The Kier molecular flexibility index (Phi) is 7.30. The van der Waals surface area contributed by atoms with Gasteiger partial charge in [-0.15, -0.1) is 0 Å². The number of aliphatic hydroxyl groups is 1. The number of nitrogens with zero attached hydrogens (tertiary/aromatic N) is 2. The van der Waals surface area contributed by atoms with E-state index in [0.29, 0.717) is 12.6 Å². The topological polar surface area (TPSA) is 59.9 Å². The van der Waals surface area contributed by atoms with Crippen LogP contribution >= 0.6 is 0 Å². The number of hydrogen-bond acceptors (Lipinski definition) is 3. The summed E-state index contributed by atoms with van der Waals surface area (Å²) in [5.74, 6) is 0.850. The molecule has 0 radical (unpaired) electrons. The van der Waals surface area contributed by atoms with Crippen LogP contribution in [-0.2, 0) is 0 Å².